The number of sulfonamides is 1. The van der Waals surface area contributed by atoms with Crippen molar-refractivity contribution in [3.63, 3.8) is 0 Å². The number of primary sulfonamides is 1. The molecule has 0 unspecified atom stereocenters. The summed E-state index contributed by atoms with van der Waals surface area (Å²) in [5, 5.41) is 8.04. The van der Waals surface area contributed by atoms with Gasteiger partial charge in [0.05, 0.1) is 4.90 Å². The predicted molar refractivity (Wildman–Crippen MR) is 87.2 cm³/mol. The number of hydrogen-bond acceptors (Lipinski definition) is 4. The van der Waals surface area contributed by atoms with Crippen molar-refractivity contribution >= 4 is 15.7 Å². The van der Waals surface area contributed by atoms with Crippen molar-refractivity contribution in [2.24, 2.45) is 5.14 Å². The standard InChI is InChI=1S/C16H21FN2O3S/c1-10-11(5-15(22-10)16(2,3)4)9-19-13-6-12(17)7-14(8-13)23(18,20)21/h5-8,19H,9H2,1-4H3,(H2,18,20,21). The Balaban J connectivity index is 2.22. The molecular weight excluding hydrogens is 319 g/mol. The molecule has 2 aromatic rings. The Kier molecular flexibility index (Phi) is 4.54. The Morgan fingerprint density at radius 1 is 1.22 bits per heavy atom. The van der Waals surface area contributed by atoms with Gasteiger partial charge in [0.1, 0.15) is 17.3 Å². The van der Waals surface area contributed by atoms with Crippen molar-refractivity contribution in [2.45, 2.75) is 44.6 Å². The predicted octanol–water partition coefficient (Wildman–Crippen LogP) is 3.28. The van der Waals surface area contributed by atoms with E-state index in [0.29, 0.717) is 12.2 Å². The average molecular weight is 340 g/mol. The number of anilines is 1. The summed E-state index contributed by atoms with van der Waals surface area (Å²) in [6.07, 6.45) is 0. The zero-order chi connectivity index (χ0) is 17.4. The van der Waals surface area contributed by atoms with Crippen LogP contribution in [-0.4, -0.2) is 8.42 Å². The Morgan fingerprint density at radius 3 is 2.39 bits per heavy atom. The van der Waals surface area contributed by atoms with E-state index in [1.807, 2.05) is 33.8 Å². The molecule has 0 amide bonds. The van der Waals surface area contributed by atoms with Crippen molar-refractivity contribution in [3.8, 4) is 0 Å². The molecule has 0 spiro atoms. The first-order chi connectivity index (χ1) is 10.5. The van der Waals surface area contributed by atoms with Crippen LogP contribution in [0.1, 0.15) is 37.9 Å². The molecule has 0 saturated heterocycles. The summed E-state index contributed by atoms with van der Waals surface area (Å²) in [7, 11) is -3.95. The maximum Gasteiger partial charge on any atom is 0.238 e. The zero-order valence-corrected chi connectivity index (χ0v) is 14.4. The van der Waals surface area contributed by atoms with Crippen molar-refractivity contribution in [1.29, 1.82) is 0 Å². The van der Waals surface area contributed by atoms with E-state index in [2.05, 4.69) is 5.32 Å². The van der Waals surface area contributed by atoms with Crippen LogP contribution in [0.15, 0.2) is 33.6 Å². The third kappa shape index (κ3) is 4.33. The normalized spacial score (nSPS) is 12.4. The molecule has 0 fully saturated rings. The van der Waals surface area contributed by atoms with Gasteiger partial charge in [-0.1, -0.05) is 20.8 Å². The molecule has 0 aliphatic rings. The molecule has 23 heavy (non-hydrogen) atoms. The second-order valence-corrected chi connectivity index (χ2v) is 8.08. The third-order valence-corrected chi connectivity index (χ3v) is 4.34. The topological polar surface area (TPSA) is 85.3 Å². The molecule has 2 rings (SSSR count). The lowest BCUT2D eigenvalue weighted by molar-refractivity contribution is 0.395. The van der Waals surface area contributed by atoms with E-state index in [4.69, 9.17) is 9.56 Å². The Morgan fingerprint density at radius 2 is 1.87 bits per heavy atom. The first-order valence-electron chi connectivity index (χ1n) is 7.14. The summed E-state index contributed by atoms with van der Waals surface area (Å²) in [5.74, 6) is 0.958. The number of halogens is 1. The molecule has 1 aromatic heterocycles. The summed E-state index contributed by atoms with van der Waals surface area (Å²) < 4.78 is 42.0. The molecule has 5 nitrogen and oxygen atoms in total. The third-order valence-electron chi connectivity index (χ3n) is 3.44. The second-order valence-electron chi connectivity index (χ2n) is 6.52. The van der Waals surface area contributed by atoms with Gasteiger partial charge in [0.25, 0.3) is 0 Å². The largest absolute Gasteiger partial charge is 0.465 e. The van der Waals surface area contributed by atoms with E-state index >= 15 is 0 Å². The van der Waals surface area contributed by atoms with E-state index in [0.717, 1.165) is 23.2 Å². The lowest BCUT2D eigenvalue weighted by Gasteiger charge is -2.13. The van der Waals surface area contributed by atoms with Gasteiger partial charge in [-0.2, -0.15) is 0 Å². The van der Waals surface area contributed by atoms with Crippen LogP contribution in [0.4, 0.5) is 10.1 Å². The molecule has 1 aromatic carbocycles. The number of hydrogen-bond donors (Lipinski definition) is 2. The van der Waals surface area contributed by atoms with Gasteiger partial charge in [0.2, 0.25) is 10.0 Å². The summed E-state index contributed by atoms with van der Waals surface area (Å²) in [6, 6.07) is 5.36. The van der Waals surface area contributed by atoms with Crippen molar-refractivity contribution in [2.75, 3.05) is 5.32 Å². The van der Waals surface area contributed by atoms with Crippen molar-refractivity contribution in [3.05, 3.63) is 47.2 Å². The van der Waals surface area contributed by atoms with E-state index < -0.39 is 15.8 Å². The van der Waals surface area contributed by atoms with Crippen molar-refractivity contribution in [1.82, 2.24) is 0 Å². The average Bonchev–Trinajstić information content (AvgIpc) is 2.76. The number of furan rings is 1. The van der Waals surface area contributed by atoms with Gasteiger partial charge >= 0.3 is 0 Å². The number of benzene rings is 1. The summed E-state index contributed by atoms with van der Waals surface area (Å²) in [5.41, 5.74) is 1.16. The Hall–Kier alpha value is -1.86. The monoisotopic (exact) mass is 340 g/mol. The Labute approximate surface area is 135 Å². The highest BCUT2D eigenvalue weighted by atomic mass is 32.2. The van der Waals surface area contributed by atoms with Crippen LogP contribution < -0.4 is 10.5 Å². The minimum atomic E-state index is -3.95. The highest BCUT2D eigenvalue weighted by Gasteiger charge is 2.20. The molecule has 3 N–H and O–H groups in total. The van der Waals surface area contributed by atoms with E-state index in [1.54, 1.807) is 0 Å². The molecule has 0 atom stereocenters. The molecule has 0 saturated carbocycles. The first kappa shape index (κ1) is 17.5. The fourth-order valence-corrected chi connectivity index (χ4v) is 2.66. The molecule has 126 valence electrons. The van der Waals surface area contributed by atoms with Gasteiger partial charge < -0.3 is 9.73 Å². The minimum absolute atomic E-state index is 0.108. The van der Waals surface area contributed by atoms with E-state index in [1.165, 1.54) is 12.1 Å². The Bertz CT molecular complexity index is 820. The first-order valence-corrected chi connectivity index (χ1v) is 8.68. The highest BCUT2D eigenvalue weighted by Crippen LogP contribution is 2.27. The van der Waals surface area contributed by atoms with Gasteiger partial charge in [-0.15, -0.1) is 0 Å². The molecule has 1 heterocycles. The molecule has 7 heteroatoms. The van der Waals surface area contributed by atoms with Gasteiger partial charge in [-0.25, -0.2) is 17.9 Å². The van der Waals surface area contributed by atoms with Crippen LogP contribution in [0.2, 0.25) is 0 Å². The van der Waals surface area contributed by atoms with Crippen LogP contribution in [0, 0.1) is 12.7 Å². The summed E-state index contributed by atoms with van der Waals surface area (Å²) in [6.45, 7) is 8.39. The number of aryl methyl sites for hydroxylation is 1. The lowest BCUT2D eigenvalue weighted by Crippen LogP contribution is -2.13. The molecule has 0 aliphatic carbocycles. The van der Waals surface area contributed by atoms with Crippen LogP contribution in [0.5, 0.6) is 0 Å². The quantitative estimate of drug-likeness (QED) is 0.894. The molecule has 0 aliphatic heterocycles. The van der Waals surface area contributed by atoms with Crippen LogP contribution in [0.3, 0.4) is 0 Å². The zero-order valence-electron chi connectivity index (χ0n) is 13.6. The maximum absolute atomic E-state index is 13.5. The van der Waals surface area contributed by atoms with Gasteiger partial charge in [0.15, 0.2) is 0 Å². The number of nitrogens with two attached hydrogens (primary N) is 1. The maximum atomic E-state index is 13.5. The summed E-state index contributed by atoms with van der Waals surface area (Å²) in [4.78, 5) is -0.265. The highest BCUT2D eigenvalue weighted by molar-refractivity contribution is 7.89. The van der Waals surface area contributed by atoms with E-state index in [-0.39, 0.29) is 10.3 Å². The molecule has 0 bridgehead atoms. The number of nitrogens with one attached hydrogen (secondary N) is 1. The van der Waals surface area contributed by atoms with Crippen LogP contribution >= 0.6 is 0 Å². The lowest BCUT2D eigenvalue weighted by atomic mass is 9.93. The molecule has 0 radical (unpaired) electrons. The fourth-order valence-electron chi connectivity index (χ4n) is 2.09. The minimum Gasteiger partial charge on any atom is -0.465 e. The van der Waals surface area contributed by atoms with Crippen LogP contribution in [-0.2, 0) is 22.0 Å². The molecular formula is C16H21FN2O3S. The van der Waals surface area contributed by atoms with Gasteiger partial charge in [0, 0.05) is 23.2 Å². The second kappa shape index (κ2) is 5.98. The SMILES string of the molecule is Cc1oc(C(C)(C)C)cc1CNc1cc(F)cc(S(N)(=O)=O)c1. The number of rotatable bonds is 4. The fraction of sp³-hybridized carbons (Fsp3) is 0.375. The van der Waals surface area contributed by atoms with Crippen molar-refractivity contribution < 1.29 is 17.2 Å². The smallest absolute Gasteiger partial charge is 0.238 e. The summed E-state index contributed by atoms with van der Waals surface area (Å²) >= 11 is 0. The van der Waals surface area contributed by atoms with Gasteiger partial charge in [-0.05, 0) is 31.2 Å². The van der Waals surface area contributed by atoms with Crippen LogP contribution in [0.25, 0.3) is 0 Å². The van der Waals surface area contributed by atoms with Gasteiger partial charge in [-0.3, -0.25) is 0 Å². The van der Waals surface area contributed by atoms with E-state index in [9.17, 15) is 12.8 Å².